The summed E-state index contributed by atoms with van der Waals surface area (Å²) in [6, 6.07) is 7.47. The van der Waals surface area contributed by atoms with Crippen LogP contribution >= 0.6 is 0 Å². The number of ether oxygens (including phenoxy) is 1. The van der Waals surface area contributed by atoms with E-state index in [0.717, 1.165) is 36.4 Å². The van der Waals surface area contributed by atoms with E-state index in [2.05, 4.69) is 27.4 Å². The minimum absolute atomic E-state index is 0.00642. The van der Waals surface area contributed by atoms with Gasteiger partial charge in [-0.05, 0) is 62.3 Å². The zero-order chi connectivity index (χ0) is 19.1. The first kappa shape index (κ1) is 19.5. The van der Waals surface area contributed by atoms with E-state index in [4.69, 9.17) is 10.5 Å². The molecule has 27 heavy (non-hydrogen) atoms. The van der Waals surface area contributed by atoms with Gasteiger partial charge in [0.1, 0.15) is 5.82 Å². The Morgan fingerprint density at radius 1 is 1.26 bits per heavy atom. The summed E-state index contributed by atoms with van der Waals surface area (Å²) in [6.07, 6.45) is 6.40. The summed E-state index contributed by atoms with van der Waals surface area (Å²) < 4.78 is 5.90. The Balaban J connectivity index is 1.37. The van der Waals surface area contributed by atoms with Gasteiger partial charge in [0.05, 0.1) is 12.6 Å². The van der Waals surface area contributed by atoms with E-state index in [1.807, 2.05) is 24.3 Å². The number of hydrogen-bond acceptors (Lipinski definition) is 5. The van der Waals surface area contributed by atoms with Crippen LogP contribution in [0.15, 0.2) is 24.3 Å². The molecule has 0 unspecified atom stereocenters. The number of anilines is 1. The SMILES string of the molecule is CC1CCC(OCCCC(=O)Nc2ccc(-c3n[nH]c(CN)n3)cc2)CC1. The quantitative estimate of drug-likeness (QED) is 0.618. The summed E-state index contributed by atoms with van der Waals surface area (Å²) in [7, 11) is 0. The lowest BCUT2D eigenvalue weighted by molar-refractivity contribution is -0.116. The van der Waals surface area contributed by atoms with Gasteiger partial charge in [-0.25, -0.2) is 4.98 Å². The minimum Gasteiger partial charge on any atom is -0.378 e. The van der Waals surface area contributed by atoms with Crippen LogP contribution in [0.2, 0.25) is 0 Å². The van der Waals surface area contributed by atoms with Gasteiger partial charge in [-0.1, -0.05) is 6.92 Å². The lowest BCUT2D eigenvalue weighted by atomic mass is 9.89. The van der Waals surface area contributed by atoms with E-state index >= 15 is 0 Å². The van der Waals surface area contributed by atoms with Crippen molar-refractivity contribution in [2.75, 3.05) is 11.9 Å². The van der Waals surface area contributed by atoms with Gasteiger partial charge in [-0.15, -0.1) is 0 Å². The molecule has 0 saturated heterocycles. The van der Waals surface area contributed by atoms with Gasteiger partial charge in [-0.2, -0.15) is 5.10 Å². The average molecular weight is 371 g/mol. The lowest BCUT2D eigenvalue weighted by Crippen LogP contribution is -2.21. The monoisotopic (exact) mass is 371 g/mol. The molecule has 1 saturated carbocycles. The summed E-state index contributed by atoms with van der Waals surface area (Å²) in [4.78, 5) is 16.4. The Bertz CT molecular complexity index is 720. The first-order valence-electron chi connectivity index (χ1n) is 9.77. The molecule has 1 fully saturated rings. The molecule has 1 amide bonds. The molecule has 2 aromatic rings. The van der Waals surface area contributed by atoms with E-state index in [-0.39, 0.29) is 5.91 Å². The number of aromatic amines is 1. The van der Waals surface area contributed by atoms with Crippen molar-refractivity contribution in [2.24, 2.45) is 11.7 Å². The third-order valence-corrected chi connectivity index (χ3v) is 5.02. The largest absolute Gasteiger partial charge is 0.378 e. The van der Waals surface area contributed by atoms with Crippen molar-refractivity contribution in [1.29, 1.82) is 0 Å². The Kier molecular flexibility index (Phi) is 6.95. The molecule has 0 aliphatic heterocycles. The number of amides is 1. The fourth-order valence-corrected chi connectivity index (χ4v) is 3.32. The molecule has 7 heteroatoms. The van der Waals surface area contributed by atoms with Crippen molar-refractivity contribution in [2.45, 2.75) is 58.1 Å². The predicted molar refractivity (Wildman–Crippen MR) is 105 cm³/mol. The lowest BCUT2D eigenvalue weighted by Gasteiger charge is -2.26. The molecule has 0 bridgehead atoms. The number of carbonyl (C=O) groups excluding carboxylic acids is 1. The van der Waals surface area contributed by atoms with E-state index in [1.54, 1.807) is 0 Å². The second-order valence-electron chi connectivity index (χ2n) is 7.29. The zero-order valence-electron chi connectivity index (χ0n) is 15.9. The molecule has 0 spiro atoms. The third kappa shape index (κ3) is 5.87. The first-order valence-corrected chi connectivity index (χ1v) is 9.77. The van der Waals surface area contributed by atoms with Crippen LogP contribution in [0.5, 0.6) is 0 Å². The van der Waals surface area contributed by atoms with Gasteiger partial charge >= 0.3 is 0 Å². The van der Waals surface area contributed by atoms with E-state index in [0.29, 0.717) is 37.3 Å². The Morgan fingerprint density at radius 3 is 2.67 bits per heavy atom. The van der Waals surface area contributed by atoms with E-state index in [9.17, 15) is 4.79 Å². The Morgan fingerprint density at radius 2 is 2.00 bits per heavy atom. The summed E-state index contributed by atoms with van der Waals surface area (Å²) >= 11 is 0. The highest BCUT2D eigenvalue weighted by Gasteiger charge is 2.18. The normalized spacial score (nSPS) is 19.8. The maximum Gasteiger partial charge on any atom is 0.224 e. The van der Waals surface area contributed by atoms with Crippen LogP contribution in [0.1, 0.15) is 51.3 Å². The van der Waals surface area contributed by atoms with Crippen LogP contribution < -0.4 is 11.1 Å². The summed E-state index contributed by atoms with van der Waals surface area (Å²) in [5.74, 6) is 2.08. The van der Waals surface area contributed by atoms with Gasteiger partial charge < -0.3 is 15.8 Å². The van der Waals surface area contributed by atoms with Crippen molar-refractivity contribution in [3.63, 3.8) is 0 Å². The molecule has 7 nitrogen and oxygen atoms in total. The molecule has 3 rings (SSSR count). The molecular weight excluding hydrogens is 342 g/mol. The van der Waals surface area contributed by atoms with Crippen LogP contribution in [0.4, 0.5) is 5.69 Å². The Hall–Kier alpha value is -2.25. The topological polar surface area (TPSA) is 106 Å². The number of nitrogens with one attached hydrogen (secondary N) is 2. The standard InChI is InChI=1S/C20H29N5O2/c1-14-4-10-17(11-5-14)27-12-2-3-19(26)22-16-8-6-15(7-9-16)20-23-18(13-21)24-25-20/h6-9,14,17H,2-5,10-13,21H2,1H3,(H,22,26)(H,23,24,25). The predicted octanol–water partition coefficient (Wildman–Crippen LogP) is 3.24. The summed E-state index contributed by atoms with van der Waals surface area (Å²) in [5, 5.41) is 9.83. The van der Waals surface area contributed by atoms with Crippen molar-refractivity contribution < 1.29 is 9.53 Å². The second kappa shape index (κ2) is 9.62. The highest BCUT2D eigenvalue weighted by Crippen LogP contribution is 2.25. The van der Waals surface area contributed by atoms with Crippen LogP contribution in [0.25, 0.3) is 11.4 Å². The second-order valence-corrected chi connectivity index (χ2v) is 7.29. The fraction of sp³-hybridized carbons (Fsp3) is 0.550. The number of carbonyl (C=O) groups is 1. The number of aromatic nitrogens is 3. The van der Waals surface area contributed by atoms with Crippen molar-refractivity contribution in [3.8, 4) is 11.4 Å². The van der Waals surface area contributed by atoms with Gasteiger partial charge in [0.2, 0.25) is 5.91 Å². The third-order valence-electron chi connectivity index (χ3n) is 5.02. The van der Waals surface area contributed by atoms with Crippen molar-refractivity contribution in [3.05, 3.63) is 30.1 Å². The van der Waals surface area contributed by atoms with Crippen LogP contribution in [0.3, 0.4) is 0 Å². The zero-order valence-corrected chi connectivity index (χ0v) is 15.9. The van der Waals surface area contributed by atoms with Crippen molar-refractivity contribution in [1.82, 2.24) is 15.2 Å². The number of rotatable bonds is 8. The van der Waals surface area contributed by atoms with Crippen LogP contribution in [-0.4, -0.2) is 33.8 Å². The smallest absolute Gasteiger partial charge is 0.224 e. The van der Waals surface area contributed by atoms with Crippen molar-refractivity contribution >= 4 is 11.6 Å². The maximum atomic E-state index is 12.1. The van der Waals surface area contributed by atoms with Gasteiger partial charge in [0, 0.05) is 24.3 Å². The first-order chi connectivity index (χ1) is 13.1. The number of hydrogen-bond donors (Lipinski definition) is 3. The minimum atomic E-state index is 0.00642. The van der Waals surface area contributed by atoms with E-state index in [1.165, 1.54) is 12.8 Å². The van der Waals surface area contributed by atoms with Crippen LogP contribution in [-0.2, 0) is 16.1 Å². The molecule has 1 aliphatic rings. The molecule has 1 aliphatic carbocycles. The summed E-state index contributed by atoms with van der Waals surface area (Å²) in [6.45, 7) is 3.28. The molecule has 1 aromatic carbocycles. The maximum absolute atomic E-state index is 12.1. The highest BCUT2D eigenvalue weighted by atomic mass is 16.5. The molecule has 1 aromatic heterocycles. The van der Waals surface area contributed by atoms with E-state index < -0.39 is 0 Å². The van der Waals surface area contributed by atoms with Gasteiger partial charge in [-0.3, -0.25) is 9.89 Å². The van der Waals surface area contributed by atoms with Gasteiger partial charge in [0.15, 0.2) is 5.82 Å². The molecule has 146 valence electrons. The molecule has 0 radical (unpaired) electrons. The van der Waals surface area contributed by atoms with Gasteiger partial charge in [0.25, 0.3) is 0 Å². The molecule has 4 N–H and O–H groups in total. The highest BCUT2D eigenvalue weighted by molar-refractivity contribution is 5.90. The molecular formula is C20H29N5O2. The number of nitrogens with two attached hydrogens (primary N) is 1. The average Bonchev–Trinajstić information content (AvgIpc) is 3.16. The number of benzene rings is 1. The fourth-order valence-electron chi connectivity index (χ4n) is 3.32. The number of nitrogens with zero attached hydrogens (tertiary/aromatic N) is 2. The Labute approximate surface area is 160 Å². The molecule has 1 heterocycles. The summed E-state index contributed by atoms with van der Waals surface area (Å²) in [5.41, 5.74) is 7.17. The van der Waals surface area contributed by atoms with Crippen LogP contribution in [0, 0.1) is 5.92 Å². The molecule has 0 atom stereocenters. The number of H-pyrrole nitrogens is 1.